The predicted octanol–water partition coefficient (Wildman–Crippen LogP) is 30.7. The van der Waals surface area contributed by atoms with E-state index in [1.807, 2.05) is 0 Å². The van der Waals surface area contributed by atoms with Gasteiger partial charge in [0.1, 0.15) is 0 Å². The Hall–Kier alpha value is -5.81. The van der Waals surface area contributed by atoms with Gasteiger partial charge in [0.25, 0.3) is 0 Å². The van der Waals surface area contributed by atoms with Crippen molar-refractivity contribution >= 4 is 39.4 Å². The summed E-state index contributed by atoms with van der Waals surface area (Å²) in [5, 5.41) is 0. The molecule has 2 fully saturated rings. The van der Waals surface area contributed by atoms with Crippen molar-refractivity contribution in [3.8, 4) is 22.3 Å². The first-order valence-corrected chi connectivity index (χ1v) is 47.5. The molecule has 0 aromatic heterocycles. The van der Waals surface area contributed by atoms with Crippen LogP contribution in [-0.2, 0) is 37.9 Å². The van der Waals surface area contributed by atoms with Gasteiger partial charge < -0.3 is 0 Å². The van der Waals surface area contributed by atoms with E-state index >= 15 is 0 Å². The third kappa shape index (κ3) is 16.6. The second-order valence-electron chi connectivity index (χ2n) is 43.7. The first-order valence-electron chi connectivity index (χ1n) is 41.2. The average molecular weight is 1440 g/mol. The first kappa shape index (κ1) is 81.7. The van der Waals surface area contributed by atoms with E-state index in [0.29, 0.717) is 34.8 Å². The molecule has 10 unspecified atom stereocenters. The van der Waals surface area contributed by atoms with E-state index in [1.54, 1.807) is 22.3 Å². The fraction of sp³-hybridized carbons (Fsp3) is 0.534. The van der Waals surface area contributed by atoms with E-state index < -0.39 is 16.1 Å². The second kappa shape index (κ2) is 28.9. The van der Waals surface area contributed by atoms with E-state index in [-0.39, 0.29) is 43.3 Å². The highest BCUT2D eigenvalue weighted by molar-refractivity contribution is 6.82. The van der Waals surface area contributed by atoms with E-state index in [9.17, 15) is 0 Å². The molecule has 6 aliphatic rings. The molecule has 2 heteroatoms. The van der Waals surface area contributed by atoms with Crippen molar-refractivity contribution in [1.29, 1.82) is 0 Å². The molecule has 564 valence electrons. The monoisotopic (exact) mass is 1440 g/mol. The standard InChI is InChI=1S/C50H72Si.C50H64Si.C3H8/c2*1-31-24-42-39(33-20-22-35(23-21-33)47(3,4)5)18-17-19-40(42)45(31)51(15,16)46-32(2)25-43-41(29-38(30-44(43)46)50(12,13)14)34-26-36(48(6,7)8)28-37(27-34)49(9,10)11;1-3-2/h17-23,26-32,40,42-46H,24-25H2,1-16H3;17-30,45-46H,1-16H3;3H2,1-2H3. The minimum atomic E-state index is -2.05. The third-order valence-electron chi connectivity index (χ3n) is 26.0. The summed E-state index contributed by atoms with van der Waals surface area (Å²) in [7, 11) is -3.84. The van der Waals surface area contributed by atoms with Gasteiger partial charge in [-0.3, -0.25) is 0 Å². The highest BCUT2D eigenvalue weighted by Crippen LogP contribution is 2.66. The van der Waals surface area contributed by atoms with Gasteiger partial charge in [-0.15, -0.1) is 0 Å². The Morgan fingerprint density at radius 3 is 1.19 bits per heavy atom. The second-order valence-corrected chi connectivity index (χ2v) is 53.4. The fourth-order valence-corrected chi connectivity index (χ4v) is 31.6. The Balaban J connectivity index is 0.000000217. The van der Waals surface area contributed by atoms with E-state index in [2.05, 4.69) is 392 Å². The Morgan fingerprint density at radius 1 is 0.362 bits per heavy atom. The smallest absolute Gasteiger partial charge is 0.0722 e. The zero-order valence-corrected chi connectivity index (χ0v) is 74.9. The Morgan fingerprint density at radius 2 is 0.752 bits per heavy atom. The van der Waals surface area contributed by atoms with E-state index in [1.165, 1.54) is 119 Å². The SMILES string of the molecule is CC1=Cc2c(-c3ccc(C(C)(C)C)cc3)cccc2C1[Si](C)(C)C1C(C)=Cc2c(-c3cc(C(C)(C)C)cc(C(C)(C)C)c3)cc(C(C)(C)C)cc21.CC1CC2C(c3ccc(C(C)(C)C)cc3)=CC=CC2C1[Si](C)(C)C1C(C)CC2C(c3cc(C(C)(C)C)cc(C(C)(C)C)c3)=CC(C(C)(C)C)=CC21.CCC. The molecule has 2 saturated carbocycles. The molecule has 0 amide bonds. The quantitative estimate of drug-likeness (QED) is 0.133. The zero-order valence-electron chi connectivity index (χ0n) is 72.9. The molecule has 6 aromatic carbocycles. The number of allylic oxidation sites excluding steroid dienone is 10. The lowest BCUT2D eigenvalue weighted by Gasteiger charge is -2.46. The van der Waals surface area contributed by atoms with E-state index in [0.717, 1.165) is 22.9 Å². The zero-order chi connectivity index (χ0) is 78.0. The topological polar surface area (TPSA) is 0 Å². The highest BCUT2D eigenvalue weighted by Gasteiger charge is 2.59. The van der Waals surface area contributed by atoms with Gasteiger partial charge in [-0.25, -0.2) is 0 Å². The van der Waals surface area contributed by atoms with Crippen molar-refractivity contribution in [2.45, 2.75) is 313 Å². The maximum atomic E-state index is 2.82. The van der Waals surface area contributed by atoms with Crippen LogP contribution in [0, 0.1) is 40.9 Å². The molecule has 105 heavy (non-hydrogen) atoms. The fourth-order valence-electron chi connectivity index (χ4n) is 20.4. The molecular weight excluding hydrogens is 1290 g/mol. The van der Waals surface area contributed by atoms with Crippen molar-refractivity contribution in [3.63, 3.8) is 0 Å². The van der Waals surface area contributed by atoms with Crippen LogP contribution in [0.15, 0.2) is 162 Å². The Kier molecular flexibility index (Phi) is 22.5. The Labute approximate surface area is 646 Å². The molecule has 6 aliphatic carbocycles. The van der Waals surface area contributed by atoms with Gasteiger partial charge in [0.15, 0.2) is 0 Å². The molecule has 10 atom stereocenters. The number of fused-ring (bicyclic) bond motifs is 4. The molecule has 0 nitrogen and oxygen atoms in total. The maximum absolute atomic E-state index is 2.82. The molecule has 0 spiro atoms. The van der Waals surface area contributed by atoms with Gasteiger partial charge in [-0.05, 0) is 228 Å². The molecule has 0 N–H and O–H groups in total. The molecule has 6 aromatic rings. The number of benzene rings is 6. The maximum Gasteiger partial charge on any atom is 0.0722 e. The van der Waals surface area contributed by atoms with Crippen molar-refractivity contribution in [3.05, 3.63) is 235 Å². The molecule has 0 saturated heterocycles. The molecule has 0 heterocycles. The van der Waals surface area contributed by atoms with Crippen LogP contribution in [-0.4, -0.2) is 16.1 Å². The lowest BCUT2D eigenvalue weighted by atomic mass is 9.71. The van der Waals surface area contributed by atoms with Gasteiger partial charge in [0.05, 0.1) is 16.1 Å². The molecule has 12 rings (SSSR count). The summed E-state index contributed by atoms with van der Waals surface area (Å²) >= 11 is 0. The Bertz CT molecular complexity index is 4310. The average Bonchev–Trinajstić information content (AvgIpc) is 1.57. The normalized spacial score (nSPS) is 23.5. The number of hydrogen-bond donors (Lipinski definition) is 0. The van der Waals surface area contributed by atoms with Crippen LogP contribution in [0.4, 0.5) is 0 Å². The molecule has 0 aliphatic heterocycles. The van der Waals surface area contributed by atoms with Crippen LogP contribution >= 0.6 is 0 Å². The largest absolute Gasteiger partial charge is 0.0808 e. The lowest BCUT2D eigenvalue weighted by Crippen LogP contribution is -2.46. The van der Waals surface area contributed by atoms with Gasteiger partial charge in [0, 0.05) is 11.1 Å². The van der Waals surface area contributed by atoms with Crippen LogP contribution in [0.1, 0.15) is 310 Å². The van der Waals surface area contributed by atoms with Gasteiger partial charge in [-0.2, -0.15) is 0 Å². The van der Waals surface area contributed by atoms with Gasteiger partial charge in [-0.1, -0.05) is 395 Å². The van der Waals surface area contributed by atoms with Crippen LogP contribution in [0.25, 0.3) is 45.6 Å². The lowest BCUT2D eigenvalue weighted by molar-refractivity contribution is 0.470. The van der Waals surface area contributed by atoms with Crippen molar-refractivity contribution < 1.29 is 0 Å². The van der Waals surface area contributed by atoms with Crippen LogP contribution < -0.4 is 0 Å². The summed E-state index contributed by atoms with van der Waals surface area (Å²) in [6, 6.07) is 46.2. The first-order chi connectivity index (χ1) is 48.2. The summed E-state index contributed by atoms with van der Waals surface area (Å²) in [4.78, 5) is 0. The van der Waals surface area contributed by atoms with Crippen molar-refractivity contribution in [2.24, 2.45) is 40.9 Å². The third-order valence-corrected chi connectivity index (χ3v) is 35.9. The summed E-state index contributed by atoms with van der Waals surface area (Å²) < 4.78 is 0. The van der Waals surface area contributed by atoms with Crippen LogP contribution in [0.2, 0.25) is 37.3 Å². The van der Waals surface area contributed by atoms with Gasteiger partial charge >= 0.3 is 0 Å². The van der Waals surface area contributed by atoms with Crippen molar-refractivity contribution in [1.82, 2.24) is 0 Å². The molecule has 0 radical (unpaired) electrons. The van der Waals surface area contributed by atoms with Crippen molar-refractivity contribution in [2.75, 3.05) is 0 Å². The van der Waals surface area contributed by atoms with E-state index in [4.69, 9.17) is 0 Å². The van der Waals surface area contributed by atoms with Crippen LogP contribution in [0.5, 0.6) is 0 Å². The summed E-state index contributed by atoms with van der Waals surface area (Å²) in [6.45, 7) is 82.1. The number of hydrogen-bond acceptors (Lipinski definition) is 0. The minimum Gasteiger partial charge on any atom is -0.0808 e. The number of rotatable bonds is 8. The predicted molar refractivity (Wildman–Crippen MR) is 473 cm³/mol. The summed E-state index contributed by atoms with van der Waals surface area (Å²) in [5.74, 6) is 3.97. The minimum absolute atomic E-state index is 0.0399. The van der Waals surface area contributed by atoms with Gasteiger partial charge in [0.2, 0.25) is 0 Å². The summed E-state index contributed by atoms with van der Waals surface area (Å²) in [5.41, 5.74) is 35.5. The van der Waals surface area contributed by atoms with Crippen LogP contribution in [0.3, 0.4) is 0 Å². The molecule has 0 bridgehead atoms. The summed E-state index contributed by atoms with van der Waals surface area (Å²) in [6.07, 6.45) is 22.0. The molecular formula is C103H144Si2. The highest BCUT2D eigenvalue weighted by atomic mass is 28.3.